The van der Waals surface area contributed by atoms with Crippen LogP contribution in [0.15, 0.2) is 17.1 Å². The van der Waals surface area contributed by atoms with Crippen LogP contribution in [0, 0.1) is 0 Å². The average molecular weight is 247 g/mol. The Balaban J connectivity index is 1.97. The summed E-state index contributed by atoms with van der Waals surface area (Å²) in [5.74, 6) is 0. The zero-order valence-corrected chi connectivity index (χ0v) is 10.4. The van der Waals surface area contributed by atoms with Crippen LogP contribution in [0.25, 0.3) is 11.0 Å². The van der Waals surface area contributed by atoms with E-state index in [-0.39, 0.29) is 5.56 Å². The molecular formula is C12H17N5O. The van der Waals surface area contributed by atoms with Crippen molar-refractivity contribution in [3.63, 3.8) is 0 Å². The molecule has 1 aliphatic rings. The number of aryl methyl sites for hydroxylation is 1. The molecule has 0 spiro atoms. The van der Waals surface area contributed by atoms with Crippen LogP contribution in [0.4, 0.5) is 0 Å². The van der Waals surface area contributed by atoms with Gasteiger partial charge in [0.15, 0.2) is 0 Å². The molecule has 0 aromatic carbocycles. The van der Waals surface area contributed by atoms with Gasteiger partial charge in [0, 0.05) is 51.2 Å². The number of rotatable bonds is 2. The molecule has 2 aromatic rings. The van der Waals surface area contributed by atoms with E-state index in [1.54, 1.807) is 10.7 Å². The molecule has 1 saturated heterocycles. The zero-order valence-electron chi connectivity index (χ0n) is 10.4. The molecule has 0 saturated carbocycles. The van der Waals surface area contributed by atoms with E-state index < -0.39 is 0 Å². The van der Waals surface area contributed by atoms with E-state index in [2.05, 4.69) is 20.3 Å². The second-order valence-corrected chi connectivity index (χ2v) is 4.72. The van der Waals surface area contributed by atoms with Crippen LogP contribution in [-0.4, -0.2) is 45.8 Å². The molecule has 3 heterocycles. The second-order valence-electron chi connectivity index (χ2n) is 4.72. The first kappa shape index (κ1) is 11.4. The highest BCUT2D eigenvalue weighted by Gasteiger charge is 2.13. The maximum Gasteiger partial charge on any atom is 0.249 e. The number of H-pyrrole nitrogens is 1. The molecule has 3 rings (SSSR count). The lowest BCUT2D eigenvalue weighted by Gasteiger charge is -2.27. The fraction of sp³-hybridized carbons (Fsp3) is 0.500. The third-order valence-corrected chi connectivity index (χ3v) is 3.44. The van der Waals surface area contributed by atoms with Crippen LogP contribution in [0.1, 0.15) is 5.56 Å². The molecule has 0 atom stereocenters. The highest BCUT2D eigenvalue weighted by molar-refractivity contribution is 5.78. The summed E-state index contributed by atoms with van der Waals surface area (Å²) in [6.45, 7) is 4.88. The molecule has 6 nitrogen and oxygen atoms in total. The first-order chi connectivity index (χ1) is 8.74. The monoisotopic (exact) mass is 247 g/mol. The van der Waals surface area contributed by atoms with Gasteiger partial charge in [0.2, 0.25) is 5.56 Å². The van der Waals surface area contributed by atoms with E-state index in [1.807, 2.05) is 13.2 Å². The Kier molecular flexibility index (Phi) is 2.89. The third kappa shape index (κ3) is 2.04. The van der Waals surface area contributed by atoms with Gasteiger partial charge in [-0.2, -0.15) is 5.10 Å². The second kappa shape index (κ2) is 4.55. The van der Waals surface area contributed by atoms with Gasteiger partial charge in [0.05, 0.1) is 6.20 Å². The molecule has 2 N–H and O–H groups in total. The van der Waals surface area contributed by atoms with Gasteiger partial charge in [-0.3, -0.25) is 14.4 Å². The quantitative estimate of drug-likeness (QED) is 0.762. The molecule has 0 amide bonds. The van der Waals surface area contributed by atoms with E-state index in [0.29, 0.717) is 0 Å². The van der Waals surface area contributed by atoms with Gasteiger partial charge < -0.3 is 10.3 Å². The average Bonchev–Trinajstić information content (AvgIpc) is 2.73. The lowest BCUT2D eigenvalue weighted by molar-refractivity contribution is 0.234. The summed E-state index contributed by atoms with van der Waals surface area (Å²) in [5.41, 5.74) is 1.80. The third-order valence-electron chi connectivity index (χ3n) is 3.44. The number of aromatic amines is 1. The number of aromatic nitrogens is 3. The van der Waals surface area contributed by atoms with Crippen molar-refractivity contribution in [2.45, 2.75) is 6.54 Å². The molecular weight excluding hydrogens is 230 g/mol. The number of piperazine rings is 1. The smallest absolute Gasteiger partial charge is 0.249 e. The molecule has 1 aliphatic heterocycles. The van der Waals surface area contributed by atoms with Crippen molar-refractivity contribution in [1.82, 2.24) is 25.0 Å². The number of hydrogen-bond donors (Lipinski definition) is 2. The Hall–Kier alpha value is -1.66. The van der Waals surface area contributed by atoms with Crippen LogP contribution in [-0.2, 0) is 13.6 Å². The SMILES string of the molecule is Cn1ncc2c(CN3CCNCC3)cc(=O)[nH]c21. The molecule has 0 radical (unpaired) electrons. The number of fused-ring (bicyclic) bond motifs is 1. The van der Waals surface area contributed by atoms with Crippen molar-refractivity contribution >= 4 is 11.0 Å². The van der Waals surface area contributed by atoms with Gasteiger partial charge in [0.25, 0.3) is 0 Å². The molecule has 0 unspecified atom stereocenters. The Morgan fingerprint density at radius 2 is 2.17 bits per heavy atom. The van der Waals surface area contributed by atoms with E-state index in [9.17, 15) is 4.79 Å². The number of hydrogen-bond acceptors (Lipinski definition) is 4. The van der Waals surface area contributed by atoms with Gasteiger partial charge in [-0.25, -0.2) is 0 Å². The van der Waals surface area contributed by atoms with Gasteiger partial charge in [0.1, 0.15) is 5.65 Å². The molecule has 6 heteroatoms. The topological polar surface area (TPSA) is 66.0 Å². The van der Waals surface area contributed by atoms with Crippen LogP contribution in [0.5, 0.6) is 0 Å². The Morgan fingerprint density at radius 1 is 1.39 bits per heavy atom. The summed E-state index contributed by atoms with van der Waals surface area (Å²) in [6.07, 6.45) is 1.82. The van der Waals surface area contributed by atoms with E-state index in [1.165, 1.54) is 0 Å². The number of nitrogens with one attached hydrogen (secondary N) is 2. The number of nitrogens with zero attached hydrogens (tertiary/aromatic N) is 3. The van der Waals surface area contributed by atoms with Crippen molar-refractivity contribution in [3.05, 3.63) is 28.2 Å². The molecule has 1 fully saturated rings. The lowest BCUT2D eigenvalue weighted by atomic mass is 10.1. The van der Waals surface area contributed by atoms with Gasteiger partial charge in [-0.15, -0.1) is 0 Å². The summed E-state index contributed by atoms with van der Waals surface area (Å²) >= 11 is 0. The van der Waals surface area contributed by atoms with Gasteiger partial charge in [-0.05, 0) is 5.56 Å². The fourth-order valence-electron chi connectivity index (χ4n) is 2.45. The highest BCUT2D eigenvalue weighted by Crippen LogP contribution is 2.15. The lowest BCUT2D eigenvalue weighted by Crippen LogP contribution is -2.43. The standard InChI is InChI=1S/C12H17N5O/c1-16-12-10(7-14-16)9(6-11(18)15-12)8-17-4-2-13-3-5-17/h6-7,13H,2-5,8H2,1H3,(H,15,18). The van der Waals surface area contributed by atoms with Crippen LogP contribution < -0.4 is 10.9 Å². The van der Waals surface area contributed by atoms with E-state index in [4.69, 9.17) is 0 Å². The molecule has 18 heavy (non-hydrogen) atoms. The normalized spacial score (nSPS) is 17.4. The zero-order chi connectivity index (χ0) is 12.5. The minimum absolute atomic E-state index is 0.0590. The molecule has 0 aliphatic carbocycles. The summed E-state index contributed by atoms with van der Waals surface area (Å²) in [4.78, 5) is 16.9. The summed E-state index contributed by atoms with van der Waals surface area (Å²) in [7, 11) is 1.84. The van der Waals surface area contributed by atoms with Crippen molar-refractivity contribution in [2.24, 2.45) is 7.05 Å². The van der Waals surface area contributed by atoms with Crippen molar-refractivity contribution in [1.29, 1.82) is 0 Å². The van der Waals surface area contributed by atoms with Crippen LogP contribution >= 0.6 is 0 Å². The summed E-state index contributed by atoms with van der Waals surface area (Å²) < 4.78 is 1.71. The Morgan fingerprint density at radius 3 is 2.94 bits per heavy atom. The maximum absolute atomic E-state index is 11.7. The number of pyridine rings is 1. The van der Waals surface area contributed by atoms with Gasteiger partial charge >= 0.3 is 0 Å². The first-order valence-electron chi connectivity index (χ1n) is 6.21. The summed E-state index contributed by atoms with van der Waals surface area (Å²) in [5, 5.41) is 8.57. The Labute approximate surface area is 105 Å². The minimum Gasteiger partial charge on any atom is -0.314 e. The molecule has 96 valence electrons. The largest absolute Gasteiger partial charge is 0.314 e. The maximum atomic E-state index is 11.7. The minimum atomic E-state index is -0.0590. The predicted molar refractivity (Wildman–Crippen MR) is 69.5 cm³/mol. The fourth-order valence-corrected chi connectivity index (χ4v) is 2.45. The van der Waals surface area contributed by atoms with Crippen molar-refractivity contribution in [3.8, 4) is 0 Å². The van der Waals surface area contributed by atoms with Gasteiger partial charge in [-0.1, -0.05) is 0 Å². The molecule has 0 bridgehead atoms. The van der Waals surface area contributed by atoms with Crippen molar-refractivity contribution < 1.29 is 0 Å². The highest BCUT2D eigenvalue weighted by atomic mass is 16.1. The summed E-state index contributed by atoms with van der Waals surface area (Å²) in [6, 6.07) is 1.69. The van der Waals surface area contributed by atoms with Crippen LogP contribution in [0.3, 0.4) is 0 Å². The Bertz CT molecular complexity index is 608. The van der Waals surface area contributed by atoms with E-state index >= 15 is 0 Å². The first-order valence-corrected chi connectivity index (χ1v) is 6.21. The van der Waals surface area contributed by atoms with E-state index in [0.717, 1.165) is 49.3 Å². The van der Waals surface area contributed by atoms with Crippen molar-refractivity contribution in [2.75, 3.05) is 26.2 Å². The van der Waals surface area contributed by atoms with Crippen LogP contribution in [0.2, 0.25) is 0 Å². The molecule has 2 aromatic heterocycles. The predicted octanol–water partition coefficient (Wildman–Crippen LogP) is -0.333.